The second-order valence-corrected chi connectivity index (χ2v) is 13.0. The number of carboxylic acids is 1. The zero-order valence-corrected chi connectivity index (χ0v) is 25.0. The number of hydrogen-bond donors (Lipinski definition) is 2. The minimum atomic E-state index is -0.645. The third-order valence-electron chi connectivity index (χ3n) is 10.3. The summed E-state index contributed by atoms with van der Waals surface area (Å²) < 4.78 is 1.89. The average molecular weight is 571 g/mol. The minimum absolute atomic E-state index is 0.118. The summed E-state index contributed by atoms with van der Waals surface area (Å²) in [5, 5.41) is 13.7. The first-order chi connectivity index (χ1) is 20.5. The third-order valence-corrected chi connectivity index (χ3v) is 10.3. The summed E-state index contributed by atoms with van der Waals surface area (Å²) >= 11 is 0. The molecule has 1 saturated carbocycles. The van der Waals surface area contributed by atoms with Crippen molar-refractivity contribution in [2.75, 3.05) is 32.7 Å². The lowest BCUT2D eigenvalue weighted by molar-refractivity contribution is -0.145. The summed E-state index contributed by atoms with van der Waals surface area (Å²) in [6.45, 7) is 6.54. The molecule has 7 heteroatoms. The van der Waals surface area contributed by atoms with Crippen molar-refractivity contribution in [2.45, 2.75) is 76.3 Å². The molecule has 1 aromatic heterocycles. The van der Waals surface area contributed by atoms with Crippen molar-refractivity contribution in [3.63, 3.8) is 0 Å². The fraction of sp³-hybridized carbons (Fsp3) is 0.543. The van der Waals surface area contributed by atoms with E-state index in [0.717, 1.165) is 88.1 Å². The fourth-order valence-electron chi connectivity index (χ4n) is 8.06. The number of aromatic nitrogens is 2. The molecule has 0 bridgehead atoms. The Bertz CT molecular complexity index is 1370. The largest absolute Gasteiger partial charge is 0.480 e. The Labute approximate surface area is 249 Å². The monoisotopic (exact) mass is 570 g/mol. The zero-order chi connectivity index (χ0) is 29.1. The fourth-order valence-corrected chi connectivity index (χ4v) is 8.06. The molecule has 6 rings (SSSR count). The number of nitrogens with zero attached hydrogens (tertiary/aromatic N) is 3. The molecule has 224 valence electrons. The van der Waals surface area contributed by atoms with Gasteiger partial charge in [0.2, 0.25) is 0 Å². The first-order valence-corrected chi connectivity index (χ1v) is 16.1. The predicted octanol–water partition coefficient (Wildman–Crippen LogP) is 5.46. The second-order valence-electron chi connectivity index (χ2n) is 13.0. The number of aryl methyl sites for hydroxylation is 1. The Morgan fingerprint density at radius 3 is 2.26 bits per heavy atom. The molecule has 2 aliphatic heterocycles. The van der Waals surface area contributed by atoms with E-state index < -0.39 is 5.97 Å². The van der Waals surface area contributed by atoms with Gasteiger partial charge in [-0.2, -0.15) is 0 Å². The van der Waals surface area contributed by atoms with Gasteiger partial charge in [-0.15, -0.1) is 0 Å². The van der Waals surface area contributed by atoms with Crippen LogP contribution in [0, 0.1) is 18.8 Å². The van der Waals surface area contributed by atoms with Gasteiger partial charge in [0.1, 0.15) is 6.04 Å². The summed E-state index contributed by atoms with van der Waals surface area (Å²) in [6.07, 6.45) is 8.15. The molecule has 0 radical (unpaired) electrons. The van der Waals surface area contributed by atoms with Crippen LogP contribution in [0.1, 0.15) is 79.3 Å². The molecule has 3 unspecified atom stereocenters. The van der Waals surface area contributed by atoms with Crippen LogP contribution in [0.4, 0.5) is 0 Å². The van der Waals surface area contributed by atoms with Gasteiger partial charge in [0.05, 0.1) is 6.04 Å². The molecule has 42 heavy (non-hydrogen) atoms. The van der Waals surface area contributed by atoms with Gasteiger partial charge in [-0.05, 0) is 55.6 Å². The standard InChI is InChI=1S/C35H46N4O3/c1-25-31(21-26-11-5-2-6-12-26)34(40)39(36-25)30-17-19-37(20-18-30)22-29-23-38(24-32(29)27-13-7-3-8-14-27)33(35(41)42)28-15-9-4-10-16-28/h2-3,5-8,11-14,28-30,32-33,36H,4,9-10,15-24H2,1H3,(H,41,42). The first kappa shape index (κ1) is 28.9. The van der Waals surface area contributed by atoms with E-state index in [-0.39, 0.29) is 23.6 Å². The Morgan fingerprint density at radius 1 is 0.929 bits per heavy atom. The molecule has 3 fully saturated rings. The van der Waals surface area contributed by atoms with Gasteiger partial charge in [0.15, 0.2) is 0 Å². The molecule has 0 spiro atoms. The summed E-state index contributed by atoms with van der Waals surface area (Å²) in [7, 11) is 0. The van der Waals surface area contributed by atoms with Gasteiger partial charge in [0.25, 0.3) is 5.56 Å². The number of H-pyrrole nitrogens is 1. The van der Waals surface area contributed by atoms with Crippen molar-refractivity contribution in [3.8, 4) is 0 Å². The number of carbonyl (C=O) groups is 1. The quantitative estimate of drug-likeness (QED) is 0.357. The van der Waals surface area contributed by atoms with E-state index in [1.54, 1.807) is 0 Å². The van der Waals surface area contributed by atoms with E-state index in [1.165, 1.54) is 12.0 Å². The average Bonchev–Trinajstić information content (AvgIpc) is 3.55. The van der Waals surface area contributed by atoms with E-state index in [1.807, 2.05) is 29.8 Å². The van der Waals surface area contributed by atoms with Crippen LogP contribution < -0.4 is 5.56 Å². The lowest BCUT2D eigenvalue weighted by Crippen LogP contribution is -2.46. The molecule has 3 heterocycles. The van der Waals surface area contributed by atoms with Gasteiger partial charge < -0.3 is 10.0 Å². The number of nitrogens with one attached hydrogen (secondary N) is 1. The van der Waals surface area contributed by atoms with Crippen LogP contribution in [0.2, 0.25) is 0 Å². The first-order valence-electron chi connectivity index (χ1n) is 16.1. The summed E-state index contributed by atoms with van der Waals surface area (Å²) in [5.41, 5.74) is 4.44. The molecular weight excluding hydrogens is 524 g/mol. The maximum absolute atomic E-state index is 13.4. The van der Waals surface area contributed by atoms with Gasteiger partial charge in [0, 0.05) is 56.3 Å². The van der Waals surface area contributed by atoms with Crippen molar-refractivity contribution in [2.24, 2.45) is 11.8 Å². The minimum Gasteiger partial charge on any atom is -0.480 e. The molecule has 3 atom stereocenters. The van der Waals surface area contributed by atoms with Crippen molar-refractivity contribution in [3.05, 3.63) is 93.4 Å². The predicted molar refractivity (Wildman–Crippen MR) is 166 cm³/mol. The number of benzene rings is 2. The van der Waals surface area contributed by atoms with E-state index in [0.29, 0.717) is 18.3 Å². The van der Waals surface area contributed by atoms with Gasteiger partial charge in [-0.3, -0.25) is 19.6 Å². The summed E-state index contributed by atoms with van der Waals surface area (Å²) in [6, 6.07) is 20.7. The number of likely N-dealkylation sites (tertiary alicyclic amines) is 2. The highest BCUT2D eigenvalue weighted by molar-refractivity contribution is 5.74. The Kier molecular flexibility index (Phi) is 8.96. The summed E-state index contributed by atoms with van der Waals surface area (Å²) in [4.78, 5) is 30.8. The van der Waals surface area contributed by atoms with Crippen LogP contribution in [0.15, 0.2) is 65.5 Å². The molecule has 1 aliphatic carbocycles. The molecule has 3 aromatic rings. The number of piperidine rings is 1. The van der Waals surface area contributed by atoms with E-state index in [9.17, 15) is 14.7 Å². The highest BCUT2D eigenvalue weighted by Gasteiger charge is 2.43. The highest BCUT2D eigenvalue weighted by Crippen LogP contribution is 2.38. The Hall–Kier alpha value is -3.16. The van der Waals surface area contributed by atoms with E-state index >= 15 is 0 Å². The van der Waals surface area contributed by atoms with Gasteiger partial charge in [-0.25, -0.2) is 4.68 Å². The number of rotatable bonds is 9. The molecule has 2 aromatic carbocycles. The maximum Gasteiger partial charge on any atom is 0.321 e. The van der Waals surface area contributed by atoms with Gasteiger partial charge in [-0.1, -0.05) is 79.9 Å². The van der Waals surface area contributed by atoms with Crippen LogP contribution in [0.5, 0.6) is 0 Å². The van der Waals surface area contributed by atoms with Crippen LogP contribution in [0.25, 0.3) is 0 Å². The van der Waals surface area contributed by atoms with Crippen molar-refractivity contribution in [1.29, 1.82) is 0 Å². The molecule has 7 nitrogen and oxygen atoms in total. The summed E-state index contributed by atoms with van der Waals surface area (Å²) in [5.74, 6) is 0.343. The highest BCUT2D eigenvalue weighted by atomic mass is 16.4. The van der Waals surface area contributed by atoms with Crippen molar-refractivity contribution >= 4 is 5.97 Å². The van der Waals surface area contributed by atoms with Crippen molar-refractivity contribution in [1.82, 2.24) is 19.6 Å². The topological polar surface area (TPSA) is 81.6 Å². The van der Waals surface area contributed by atoms with Crippen LogP contribution in [-0.4, -0.2) is 69.4 Å². The van der Waals surface area contributed by atoms with Crippen LogP contribution in [0.3, 0.4) is 0 Å². The van der Waals surface area contributed by atoms with Crippen molar-refractivity contribution < 1.29 is 9.90 Å². The number of hydrogen-bond acceptors (Lipinski definition) is 4. The van der Waals surface area contributed by atoms with Crippen LogP contribution >= 0.6 is 0 Å². The SMILES string of the molecule is Cc1[nH]n(C2CCN(CC3CN(C(C(=O)O)C4CCCCC4)CC3c3ccccc3)CC2)c(=O)c1Cc1ccccc1. The number of aliphatic carboxylic acids is 1. The van der Waals surface area contributed by atoms with Crippen LogP contribution in [-0.2, 0) is 11.2 Å². The number of carboxylic acid groups (broad SMARTS) is 1. The third kappa shape index (κ3) is 6.28. The Balaban J connectivity index is 1.13. The molecule has 0 amide bonds. The molecular formula is C35H46N4O3. The second kappa shape index (κ2) is 13.0. The molecule has 2 saturated heterocycles. The Morgan fingerprint density at radius 2 is 1.60 bits per heavy atom. The normalized spacial score (nSPS) is 23.7. The van der Waals surface area contributed by atoms with E-state index in [2.05, 4.69) is 57.4 Å². The van der Waals surface area contributed by atoms with E-state index in [4.69, 9.17) is 0 Å². The lowest BCUT2D eigenvalue weighted by atomic mass is 9.83. The molecule has 2 N–H and O–H groups in total. The smallest absolute Gasteiger partial charge is 0.321 e. The van der Waals surface area contributed by atoms with Gasteiger partial charge >= 0.3 is 5.97 Å². The molecule has 3 aliphatic rings. The zero-order valence-electron chi connectivity index (χ0n) is 25.0. The number of aromatic amines is 1. The lowest BCUT2D eigenvalue weighted by Gasteiger charge is -2.35. The maximum atomic E-state index is 13.4.